The van der Waals surface area contributed by atoms with E-state index in [0.717, 1.165) is 0 Å². The molecule has 0 aliphatic carbocycles. The summed E-state index contributed by atoms with van der Waals surface area (Å²) < 4.78 is 22.4. The summed E-state index contributed by atoms with van der Waals surface area (Å²) in [4.78, 5) is 12.4. The Balaban J connectivity index is 1.35. The van der Waals surface area contributed by atoms with Gasteiger partial charge in [0, 0.05) is 24.0 Å². The van der Waals surface area contributed by atoms with Gasteiger partial charge in [0.25, 0.3) is 5.91 Å². The van der Waals surface area contributed by atoms with Crippen LogP contribution in [0.1, 0.15) is 16.1 Å². The van der Waals surface area contributed by atoms with Crippen molar-refractivity contribution in [2.24, 2.45) is 0 Å². The molecule has 0 aliphatic heterocycles. The van der Waals surface area contributed by atoms with Gasteiger partial charge in [0.2, 0.25) is 0 Å². The summed E-state index contributed by atoms with van der Waals surface area (Å²) in [6.07, 6.45) is 3.29. The lowest BCUT2D eigenvalue weighted by Crippen LogP contribution is -2.15. The zero-order chi connectivity index (χ0) is 20.9. The average molecular weight is 426 g/mol. The van der Waals surface area contributed by atoms with Crippen LogP contribution in [0.25, 0.3) is 0 Å². The third kappa shape index (κ3) is 4.66. The van der Waals surface area contributed by atoms with Crippen LogP contribution in [0.4, 0.5) is 10.2 Å². The molecule has 0 atom stereocenters. The number of halogens is 2. The minimum Gasteiger partial charge on any atom is -0.470 e. The lowest BCUT2D eigenvalue weighted by molar-refractivity contribution is 0.101. The number of aromatic nitrogens is 4. The molecule has 0 saturated heterocycles. The minimum absolute atomic E-state index is 0.105. The summed E-state index contributed by atoms with van der Waals surface area (Å²) in [6, 6.07) is 16.8. The largest absolute Gasteiger partial charge is 0.470 e. The van der Waals surface area contributed by atoms with Crippen molar-refractivity contribution in [3.05, 3.63) is 95.2 Å². The monoisotopic (exact) mass is 425 g/mol. The highest BCUT2D eigenvalue weighted by Crippen LogP contribution is 2.23. The Hall–Kier alpha value is -3.65. The Morgan fingerprint density at radius 3 is 2.60 bits per heavy atom. The number of hydrogen-bond acceptors (Lipinski definition) is 4. The predicted molar refractivity (Wildman–Crippen MR) is 110 cm³/mol. The van der Waals surface area contributed by atoms with Gasteiger partial charge in [-0.05, 0) is 24.3 Å². The van der Waals surface area contributed by atoms with Crippen molar-refractivity contribution < 1.29 is 13.9 Å². The van der Waals surface area contributed by atoms with E-state index < -0.39 is 5.91 Å². The first kappa shape index (κ1) is 19.7. The first-order valence-corrected chi connectivity index (χ1v) is 9.45. The maximum absolute atomic E-state index is 13.8. The second-order valence-corrected chi connectivity index (χ2v) is 6.80. The maximum Gasteiger partial charge on any atom is 0.277 e. The molecule has 0 aliphatic rings. The van der Waals surface area contributed by atoms with E-state index in [-0.39, 0.29) is 24.8 Å². The van der Waals surface area contributed by atoms with Gasteiger partial charge in [-0.25, -0.2) is 9.07 Å². The summed E-state index contributed by atoms with van der Waals surface area (Å²) in [6.45, 7) is 0.366. The Labute approximate surface area is 176 Å². The van der Waals surface area contributed by atoms with Gasteiger partial charge in [0.05, 0.1) is 11.6 Å². The molecule has 7 nitrogen and oxygen atoms in total. The van der Waals surface area contributed by atoms with Gasteiger partial charge >= 0.3 is 0 Å². The first-order valence-electron chi connectivity index (χ1n) is 9.07. The van der Waals surface area contributed by atoms with Gasteiger partial charge in [-0.15, -0.1) is 0 Å². The molecule has 0 bridgehead atoms. The average Bonchev–Trinajstić information content (AvgIpc) is 3.39. The van der Waals surface area contributed by atoms with Crippen LogP contribution in [-0.4, -0.2) is 25.5 Å². The third-order valence-corrected chi connectivity index (χ3v) is 4.55. The number of carbonyl (C=O) groups excluding carboxylic acids is 1. The van der Waals surface area contributed by atoms with E-state index in [1.165, 1.54) is 10.7 Å². The first-order chi connectivity index (χ1) is 14.6. The van der Waals surface area contributed by atoms with Crippen molar-refractivity contribution in [2.75, 3.05) is 5.32 Å². The van der Waals surface area contributed by atoms with E-state index in [4.69, 9.17) is 16.3 Å². The topological polar surface area (TPSA) is 74.0 Å². The number of benzene rings is 2. The zero-order valence-electron chi connectivity index (χ0n) is 15.7. The number of nitrogens with one attached hydrogen (secondary N) is 1. The second-order valence-electron chi connectivity index (χ2n) is 6.39. The van der Waals surface area contributed by atoms with E-state index in [9.17, 15) is 9.18 Å². The standard InChI is InChI=1S/C21H17ClFN5O2/c22-16-6-2-4-8-19(16)30-14-28-11-9-18(25-28)21(29)24-20-10-12-27(26-20)13-15-5-1-3-7-17(15)23/h1-12H,13-14H2,(H,24,26,29). The van der Waals surface area contributed by atoms with Crippen LogP contribution >= 0.6 is 11.6 Å². The zero-order valence-corrected chi connectivity index (χ0v) is 16.5. The lowest BCUT2D eigenvalue weighted by atomic mass is 10.2. The Morgan fingerprint density at radius 1 is 1.00 bits per heavy atom. The molecule has 0 fully saturated rings. The summed E-state index contributed by atoms with van der Waals surface area (Å²) in [5, 5.41) is 11.6. The molecule has 152 valence electrons. The predicted octanol–water partition coefficient (Wildman–Crippen LogP) is 4.21. The minimum atomic E-state index is -0.414. The number of nitrogens with zero attached hydrogens (tertiary/aromatic N) is 4. The van der Waals surface area contributed by atoms with Crippen molar-refractivity contribution >= 4 is 23.3 Å². The number of rotatable bonds is 7. The van der Waals surface area contributed by atoms with Gasteiger partial charge in [0.1, 0.15) is 11.6 Å². The van der Waals surface area contributed by atoms with E-state index >= 15 is 0 Å². The van der Waals surface area contributed by atoms with Crippen molar-refractivity contribution in [2.45, 2.75) is 13.3 Å². The van der Waals surface area contributed by atoms with Crippen LogP contribution in [0.15, 0.2) is 73.1 Å². The molecule has 2 aromatic heterocycles. The fourth-order valence-electron chi connectivity index (χ4n) is 2.75. The van der Waals surface area contributed by atoms with E-state index in [0.29, 0.717) is 22.2 Å². The van der Waals surface area contributed by atoms with Gasteiger partial charge in [-0.3, -0.25) is 9.48 Å². The Bertz CT molecular complexity index is 1170. The molecular formula is C21H17ClFN5O2. The molecule has 2 aromatic carbocycles. The molecule has 0 radical (unpaired) electrons. The molecule has 0 unspecified atom stereocenters. The molecule has 1 amide bonds. The van der Waals surface area contributed by atoms with Crippen molar-refractivity contribution in [1.29, 1.82) is 0 Å². The highest BCUT2D eigenvalue weighted by atomic mass is 35.5. The van der Waals surface area contributed by atoms with E-state index in [1.807, 2.05) is 12.1 Å². The molecule has 1 N–H and O–H groups in total. The summed E-state index contributed by atoms with van der Waals surface area (Å²) in [7, 11) is 0. The van der Waals surface area contributed by atoms with Gasteiger partial charge < -0.3 is 10.1 Å². The van der Waals surface area contributed by atoms with Crippen LogP contribution in [-0.2, 0) is 13.3 Å². The smallest absolute Gasteiger partial charge is 0.277 e. The van der Waals surface area contributed by atoms with Gasteiger partial charge in [-0.1, -0.05) is 41.9 Å². The van der Waals surface area contributed by atoms with Crippen molar-refractivity contribution in [1.82, 2.24) is 19.6 Å². The highest BCUT2D eigenvalue weighted by Gasteiger charge is 2.12. The number of anilines is 1. The maximum atomic E-state index is 13.8. The highest BCUT2D eigenvalue weighted by molar-refractivity contribution is 6.32. The normalized spacial score (nSPS) is 10.7. The SMILES string of the molecule is O=C(Nc1ccn(Cc2ccccc2F)n1)c1ccn(COc2ccccc2Cl)n1. The van der Waals surface area contributed by atoms with Crippen LogP contribution in [0.3, 0.4) is 0 Å². The van der Waals surface area contributed by atoms with Crippen molar-refractivity contribution in [3.63, 3.8) is 0 Å². The number of amides is 1. The van der Waals surface area contributed by atoms with Crippen LogP contribution in [0.5, 0.6) is 5.75 Å². The summed E-state index contributed by atoms with van der Waals surface area (Å²) in [5.41, 5.74) is 0.720. The Morgan fingerprint density at radius 2 is 1.77 bits per heavy atom. The van der Waals surface area contributed by atoms with E-state index in [1.54, 1.807) is 59.5 Å². The summed E-state index contributed by atoms with van der Waals surface area (Å²) in [5.74, 6) is 0.157. The quantitative estimate of drug-likeness (QED) is 0.481. The summed E-state index contributed by atoms with van der Waals surface area (Å²) >= 11 is 6.05. The number of ether oxygens (including phenoxy) is 1. The molecular weight excluding hydrogens is 409 g/mol. The van der Waals surface area contributed by atoms with Crippen LogP contribution in [0.2, 0.25) is 5.02 Å². The molecule has 4 rings (SSSR count). The van der Waals surface area contributed by atoms with Crippen LogP contribution < -0.4 is 10.1 Å². The Kier molecular flexibility index (Phi) is 5.76. The van der Waals surface area contributed by atoms with Crippen molar-refractivity contribution in [3.8, 4) is 5.75 Å². The van der Waals surface area contributed by atoms with E-state index in [2.05, 4.69) is 15.5 Å². The second kappa shape index (κ2) is 8.79. The number of para-hydroxylation sites is 1. The molecule has 0 spiro atoms. The molecule has 2 heterocycles. The van der Waals surface area contributed by atoms with Crippen LogP contribution in [0, 0.1) is 5.82 Å². The number of carbonyl (C=O) groups is 1. The number of hydrogen-bond donors (Lipinski definition) is 1. The third-order valence-electron chi connectivity index (χ3n) is 4.23. The molecule has 30 heavy (non-hydrogen) atoms. The molecule has 0 saturated carbocycles. The van der Waals surface area contributed by atoms with Gasteiger partial charge in [0.15, 0.2) is 18.2 Å². The lowest BCUT2D eigenvalue weighted by Gasteiger charge is -2.07. The molecule has 9 heteroatoms. The fourth-order valence-corrected chi connectivity index (χ4v) is 2.94. The molecule has 4 aromatic rings. The van der Waals surface area contributed by atoms with Gasteiger partial charge in [-0.2, -0.15) is 10.2 Å². The fraction of sp³-hybridized carbons (Fsp3) is 0.0952.